The number of halogens is 1. The fraction of sp³-hybridized carbons (Fsp3) is 0.462. The number of hydrogen-bond donors (Lipinski definition) is 2. The predicted octanol–water partition coefficient (Wildman–Crippen LogP) is 1.73. The first-order chi connectivity index (χ1) is 7.91. The number of carbonyl (C=O) groups is 1. The SMILES string of the molecule is Cc1cc(CNC(=O)[C@@H](N)C(C)C)ccc1F. The van der Waals surface area contributed by atoms with Crippen molar-refractivity contribution in [2.45, 2.75) is 33.4 Å². The highest BCUT2D eigenvalue weighted by atomic mass is 19.1. The third-order valence-electron chi connectivity index (χ3n) is 2.71. The molecule has 94 valence electrons. The largest absolute Gasteiger partial charge is 0.351 e. The van der Waals surface area contributed by atoms with E-state index in [2.05, 4.69) is 5.32 Å². The average molecular weight is 238 g/mol. The van der Waals surface area contributed by atoms with Crippen LogP contribution in [0.2, 0.25) is 0 Å². The minimum absolute atomic E-state index is 0.102. The molecule has 0 bridgehead atoms. The summed E-state index contributed by atoms with van der Waals surface area (Å²) < 4.78 is 13.0. The molecule has 0 unspecified atom stereocenters. The topological polar surface area (TPSA) is 55.1 Å². The normalized spacial score (nSPS) is 12.6. The lowest BCUT2D eigenvalue weighted by Gasteiger charge is -2.15. The van der Waals surface area contributed by atoms with Crippen molar-refractivity contribution < 1.29 is 9.18 Å². The molecule has 3 nitrogen and oxygen atoms in total. The Morgan fingerprint density at radius 1 is 1.47 bits per heavy atom. The summed E-state index contributed by atoms with van der Waals surface area (Å²) in [5.74, 6) is -0.314. The monoisotopic (exact) mass is 238 g/mol. The summed E-state index contributed by atoms with van der Waals surface area (Å²) in [6, 6.07) is 4.27. The zero-order valence-electron chi connectivity index (χ0n) is 10.5. The zero-order valence-corrected chi connectivity index (χ0v) is 10.5. The molecule has 0 aliphatic heterocycles. The van der Waals surface area contributed by atoms with E-state index in [1.807, 2.05) is 13.8 Å². The lowest BCUT2D eigenvalue weighted by molar-refractivity contribution is -0.123. The molecule has 1 aromatic rings. The van der Waals surface area contributed by atoms with Gasteiger partial charge in [-0.3, -0.25) is 4.79 Å². The van der Waals surface area contributed by atoms with Crippen LogP contribution in [-0.4, -0.2) is 11.9 Å². The molecule has 1 aromatic carbocycles. The molecule has 4 heteroatoms. The quantitative estimate of drug-likeness (QED) is 0.839. The molecule has 0 spiro atoms. The van der Waals surface area contributed by atoms with E-state index in [0.717, 1.165) is 5.56 Å². The van der Waals surface area contributed by atoms with Crippen LogP contribution in [0.25, 0.3) is 0 Å². The average Bonchev–Trinajstić information content (AvgIpc) is 2.29. The highest BCUT2D eigenvalue weighted by molar-refractivity contribution is 5.81. The Kier molecular flexibility index (Phi) is 4.63. The summed E-state index contributed by atoms with van der Waals surface area (Å²) in [7, 11) is 0. The van der Waals surface area contributed by atoms with Crippen molar-refractivity contribution in [3.63, 3.8) is 0 Å². The predicted molar refractivity (Wildman–Crippen MR) is 65.8 cm³/mol. The fourth-order valence-corrected chi connectivity index (χ4v) is 1.43. The van der Waals surface area contributed by atoms with Gasteiger partial charge in [0.05, 0.1) is 6.04 Å². The van der Waals surface area contributed by atoms with Crippen molar-refractivity contribution in [2.75, 3.05) is 0 Å². The molecule has 0 saturated heterocycles. The molecule has 0 aliphatic carbocycles. The number of carbonyl (C=O) groups excluding carboxylic acids is 1. The molecule has 1 atom stereocenters. The van der Waals surface area contributed by atoms with Crippen LogP contribution in [0.5, 0.6) is 0 Å². The molecule has 0 saturated carbocycles. The van der Waals surface area contributed by atoms with Crippen LogP contribution in [0.3, 0.4) is 0 Å². The molecule has 0 radical (unpaired) electrons. The van der Waals surface area contributed by atoms with E-state index in [1.54, 1.807) is 19.1 Å². The molecule has 0 fully saturated rings. The van der Waals surface area contributed by atoms with Gasteiger partial charge in [-0.1, -0.05) is 26.0 Å². The van der Waals surface area contributed by atoms with Gasteiger partial charge in [0.25, 0.3) is 0 Å². The molecule has 0 aliphatic rings. The maximum Gasteiger partial charge on any atom is 0.237 e. The number of benzene rings is 1. The van der Waals surface area contributed by atoms with Crippen LogP contribution in [0.4, 0.5) is 4.39 Å². The van der Waals surface area contributed by atoms with E-state index in [4.69, 9.17) is 5.73 Å². The maximum atomic E-state index is 13.0. The second-order valence-corrected chi connectivity index (χ2v) is 4.57. The second kappa shape index (κ2) is 5.77. The summed E-state index contributed by atoms with van der Waals surface area (Å²) >= 11 is 0. The third kappa shape index (κ3) is 3.82. The Labute approximate surface area is 101 Å². The minimum atomic E-state index is -0.503. The van der Waals surface area contributed by atoms with Gasteiger partial charge in [-0.2, -0.15) is 0 Å². The lowest BCUT2D eigenvalue weighted by Crippen LogP contribution is -2.43. The molecule has 0 aromatic heterocycles. The van der Waals surface area contributed by atoms with E-state index in [0.29, 0.717) is 12.1 Å². The summed E-state index contributed by atoms with van der Waals surface area (Å²) in [5, 5.41) is 2.74. The first-order valence-electron chi connectivity index (χ1n) is 5.70. The summed E-state index contributed by atoms with van der Waals surface area (Å²) in [5.41, 5.74) is 7.15. The Morgan fingerprint density at radius 2 is 2.12 bits per heavy atom. The standard InChI is InChI=1S/C13H19FN2O/c1-8(2)12(15)13(17)16-7-10-4-5-11(14)9(3)6-10/h4-6,8,12H,7,15H2,1-3H3,(H,16,17)/t12-/m0/s1. The van der Waals surface area contributed by atoms with Crippen molar-refractivity contribution in [3.8, 4) is 0 Å². The molecule has 3 N–H and O–H groups in total. The Hall–Kier alpha value is -1.42. The van der Waals surface area contributed by atoms with Gasteiger partial charge in [0.15, 0.2) is 0 Å². The molecule has 17 heavy (non-hydrogen) atoms. The smallest absolute Gasteiger partial charge is 0.237 e. The van der Waals surface area contributed by atoms with Crippen LogP contribution >= 0.6 is 0 Å². The number of rotatable bonds is 4. The van der Waals surface area contributed by atoms with E-state index in [9.17, 15) is 9.18 Å². The lowest BCUT2D eigenvalue weighted by atomic mass is 10.0. The molecule has 0 heterocycles. The van der Waals surface area contributed by atoms with Gasteiger partial charge in [-0.05, 0) is 30.0 Å². The number of nitrogens with two attached hydrogens (primary N) is 1. The first kappa shape index (κ1) is 13.6. The van der Waals surface area contributed by atoms with Crippen molar-refractivity contribution in [2.24, 2.45) is 11.7 Å². The Morgan fingerprint density at radius 3 is 2.65 bits per heavy atom. The van der Waals surface area contributed by atoms with Gasteiger partial charge in [-0.15, -0.1) is 0 Å². The van der Waals surface area contributed by atoms with Crippen LogP contribution in [0.15, 0.2) is 18.2 Å². The van der Waals surface area contributed by atoms with Gasteiger partial charge >= 0.3 is 0 Å². The number of hydrogen-bond acceptors (Lipinski definition) is 2. The van der Waals surface area contributed by atoms with Gasteiger partial charge < -0.3 is 11.1 Å². The second-order valence-electron chi connectivity index (χ2n) is 4.57. The third-order valence-corrected chi connectivity index (χ3v) is 2.71. The van der Waals surface area contributed by atoms with Crippen LogP contribution in [0.1, 0.15) is 25.0 Å². The summed E-state index contributed by atoms with van der Waals surface area (Å²) in [6.07, 6.45) is 0. The van der Waals surface area contributed by atoms with Gasteiger partial charge in [-0.25, -0.2) is 4.39 Å². The van der Waals surface area contributed by atoms with E-state index < -0.39 is 6.04 Å². The fourth-order valence-electron chi connectivity index (χ4n) is 1.43. The van der Waals surface area contributed by atoms with Crippen LogP contribution < -0.4 is 11.1 Å². The van der Waals surface area contributed by atoms with Crippen molar-refractivity contribution in [1.82, 2.24) is 5.32 Å². The maximum absolute atomic E-state index is 13.0. The van der Waals surface area contributed by atoms with Gasteiger partial charge in [0.1, 0.15) is 5.82 Å². The Balaban J connectivity index is 2.56. The molecular formula is C13H19FN2O. The van der Waals surface area contributed by atoms with Gasteiger partial charge in [0, 0.05) is 6.54 Å². The zero-order chi connectivity index (χ0) is 13.0. The first-order valence-corrected chi connectivity index (χ1v) is 5.70. The highest BCUT2D eigenvalue weighted by Crippen LogP contribution is 2.09. The number of nitrogens with one attached hydrogen (secondary N) is 1. The molecular weight excluding hydrogens is 219 g/mol. The van der Waals surface area contributed by atoms with Crippen molar-refractivity contribution >= 4 is 5.91 Å². The van der Waals surface area contributed by atoms with E-state index in [1.165, 1.54) is 6.07 Å². The van der Waals surface area contributed by atoms with Crippen molar-refractivity contribution in [3.05, 3.63) is 35.1 Å². The van der Waals surface area contributed by atoms with Crippen LogP contribution in [0, 0.1) is 18.7 Å². The summed E-state index contributed by atoms with van der Waals surface area (Å²) in [4.78, 5) is 11.6. The van der Waals surface area contributed by atoms with Gasteiger partial charge in [0.2, 0.25) is 5.91 Å². The van der Waals surface area contributed by atoms with E-state index in [-0.39, 0.29) is 17.6 Å². The molecule has 1 amide bonds. The number of aryl methyl sites for hydroxylation is 1. The van der Waals surface area contributed by atoms with Crippen molar-refractivity contribution in [1.29, 1.82) is 0 Å². The highest BCUT2D eigenvalue weighted by Gasteiger charge is 2.16. The van der Waals surface area contributed by atoms with E-state index >= 15 is 0 Å². The summed E-state index contributed by atoms with van der Waals surface area (Å²) in [6.45, 7) is 5.86. The Bertz CT molecular complexity index is 404. The minimum Gasteiger partial charge on any atom is -0.351 e. The number of amides is 1. The van der Waals surface area contributed by atoms with Crippen LogP contribution in [-0.2, 0) is 11.3 Å². The molecule has 1 rings (SSSR count).